The number of rotatable bonds is 6. The lowest BCUT2D eigenvalue weighted by molar-refractivity contribution is -0.140. The number of esters is 1. The van der Waals surface area contributed by atoms with Gasteiger partial charge in [0, 0.05) is 27.3 Å². The van der Waals surface area contributed by atoms with Gasteiger partial charge in [-0.15, -0.1) is 11.3 Å². The molecule has 1 unspecified atom stereocenters. The molecule has 2 heterocycles. The first-order valence-corrected chi connectivity index (χ1v) is 8.71. The summed E-state index contributed by atoms with van der Waals surface area (Å²) in [5.74, 6) is 0.677. The van der Waals surface area contributed by atoms with Crippen LogP contribution in [0.25, 0.3) is 10.6 Å². The average Bonchev–Trinajstić information content (AvgIpc) is 3.06. The Morgan fingerprint density at radius 2 is 2.37 bits per heavy atom. The third kappa shape index (κ3) is 4.33. The van der Waals surface area contributed by atoms with Crippen LogP contribution in [-0.4, -0.2) is 23.3 Å². The lowest BCUT2D eigenvalue weighted by atomic mass is 10.3. The third-order valence-electron chi connectivity index (χ3n) is 2.52. The molecule has 102 valence electrons. The van der Waals surface area contributed by atoms with E-state index in [0.717, 1.165) is 16.5 Å². The molecular formula is C13H15NO2S3. The highest BCUT2D eigenvalue weighted by Gasteiger charge is 2.11. The van der Waals surface area contributed by atoms with Gasteiger partial charge in [0.2, 0.25) is 0 Å². The molecule has 0 amide bonds. The van der Waals surface area contributed by atoms with E-state index in [1.807, 2.05) is 6.92 Å². The Morgan fingerprint density at radius 3 is 3.05 bits per heavy atom. The summed E-state index contributed by atoms with van der Waals surface area (Å²) in [5, 5.41) is 7.57. The Bertz CT molecular complexity index is 522. The summed E-state index contributed by atoms with van der Waals surface area (Å²) in [5.41, 5.74) is 2.27. The summed E-state index contributed by atoms with van der Waals surface area (Å²) in [7, 11) is 1.42. The van der Waals surface area contributed by atoms with Crippen LogP contribution >= 0.6 is 34.4 Å². The first kappa shape index (κ1) is 14.6. The van der Waals surface area contributed by atoms with Gasteiger partial charge in [-0.2, -0.15) is 23.1 Å². The summed E-state index contributed by atoms with van der Waals surface area (Å²) in [6.07, 6.45) is 0.447. The van der Waals surface area contributed by atoms with Crippen LogP contribution < -0.4 is 0 Å². The maximum atomic E-state index is 11.1. The number of methoxy groups -OCH3 is 1. The number of ether oxygens (including phenoxy) is 1. The van der Waals surface area contributed by atoms with Gasteiger partial charge in [0.25, 0.3) is 0 Å². The van der Waals surface area contributed by atoms with Crippen molar-refractivity contribution in [2.24, 2.45) is 0 Å². The zero-order chi connectivity index (χ0) is 13.7. The van der Waals surface area contributed by atoms with Crippen molar-refractivity contribution in [2.75, 3.05) is 7.11 Å². The molecule has 2 rings (SSSR count). The first-order chi connectivity index (χ1) is 9.19. The number of thiophene rings is 1. The zero-order valence-corrected chi connectivity index (χ0v) is 13.2. The molecule has 0 radical (unpaired) electrons. The number of aromatic nitrogens is 1. The molecule has 0 spiro atoms. The van der Waals surface area contributed by atoms with Crippen LogP contribution in [0.5, 0.6) is 0 Å². The van der Waals surface area contributed by atoms with Gasteiger partial charge in [-0.1, -0.05) is 6.92 Å². The van der Waals surface area contributed by atoms with Crippen LogP contribution in [0.2, 0.25) is 0 Å². The minimum absolute atomic E-state index is 0.155. The van der Waals surface area contributed by atoms with E-state index in [1.54, 1.807) is 34.4 Å². The summed E-state index contributed by atoms with van der Waals surface area (Å²) in [6, 6.07) is 2.08. The lowest BCUT2D eigenvalue weighted by Crippen LogP contribution is -2.08. The van der Waals surface area contributed by atoms with E-state index in [0.29, 0.717) is 6.42 Å². The Balaban J connectivity index is 1.85. The molecule has 0 aromatic carbocycles. The second kappa shape index (κ2) is 7.07. The Hall–Kier alpha value is -0.850. The predicted molar refractivity (Wildman–Crippen MR) is 82.8 cm³/mol. The molecule has 2 aromatic rings. The number of nitrogens with zero attached hydrogens (tertiary/aromatic N) is 1. The molecule has 0 aliphatic rings. The average molecular weight is 313 g/mol. The second-order valence-corrected chi connectivity index (χ2v) is 7.12. The van der Waals surface area contributed by atoms with Gasteiger partial charge in [-0.25, -0.2) is 4.98 Å². The second-order valence-electron chi connectivity index (χ2n) is 4.06. The maximum Gasteiger partial charge on any atom is 0.306 e. The fourth-order valence-electron chi connectivity index (χ4n) is 1.50. The highest BCUT2D eigenvalue weighted by atomic mass is 32.2. The van der Waals surface area contributed by atoms with E-state index in [-0.39, 0.29) is 11.2 Å². The molecule has 1 atom stereocenters. The van der Waals surface area contributed by atoms with Gasteiger partial charge in [0.15, 0.2) is 0 Å². The fraction of sp³-hybridized carbons (Fsp3) is 0.385. The number of thiazole rings is 1. The van der Waals surface area contributed by atoms with E-state index < -0.39 is 0 Å². The molecule has 6 heteroatoms. The highest BCUT2D eigenvalue weighted by Crippen LogP contribution is 2.28. The van der Waals surface area contributed by atoms with Crippen molar-refractivity contribution in [3.8, 4) is 10.6 Å². The van der Waals surface area contributed by atoms with Crippen molar-refractivity contribution in [1.82, 2.24) is 4.98 Å². The van der Waals surface area contributed by atoms with Crippen LogP contribution in [0.4, 0.5) is 0 Å². The Labute approximate surface area is 125 Å². The molecule has 0 fully saturated rings. The molecular weight excluding hydrogens is 298 g/mol. The molecule has 2 aromatic heterocycles. The summed E-state index contributed by atoms with van der Waals surface area (Å²) in [4.78, 5) is 15.8. The predicted octanol–water partition coefficient (Wildman–Crippen LogP) is 4.06. The zero-order valence-electron chi connectivity index (χ0n) is 10.8. The largest absolute Gasteiger partial charge is 0.469 e. The van der Waals surface area contributed by atoms with Crippen LogP contribution in [0.3, 0.4) is 0 Å². The molecule has 0 aliphatic heterocycles. The summed E-state index contributed by atoms with van der Waals surface area (Å²) in [6.45, 7) is 2.04. The summed E-state index contributed by atoms with van der Waals surface area (Å²) >= 11 is 5.08. The number of thioether (sulfide) groups is 1. The van der Waals surface area contributed by atoms with E-state index in [4.69, 9.17) is 0 Å². The van der Waals surface area contributed by atoms with Crippen molar-refractivity contribution in [3.05, 3.63) is 27.9 Å². The van der Waals surface area contributed by atoms with Gasteiger partial charge in [0.05, 0.1) is 19.2 Å². The monoisotopic (exact) mass is 313 g/mol. The number of hydrogen-bond acceptors (Lipinski definition) is 6. The normalized spacial score (nSPS) is 12.3. The van der Waals surface area contributed by atoms with Gasteiger partial charge in [-0.05, 0) is 11.4 Å². The van der Waals surface area contributed by atoms with E-state index >= 15 is 0 Å². The van der Waals surface area contributed by atoms with Gasteiger partial charge in [0.1, 0.15) is 5.01 Å². The highest BCUT2D eigenvalue weighted by molar-refractivity contribution is 7.99. The van der Waals surface area contributed by atoms with Crippen molar-refractivity contribution in [1.29, 1.82) is 0 Å². The smallest absolute Gasteiger partial charge is 0.306 e. The Kier molecular flexibility index (Phi) is 5.42. The van der Waals surface area contributed by atoms with E-state index in [9.17, 15) is 4.79 Å². The van der Waals surface area contributed by atoms with Crippen molar-refractivity contribution < 1.29 is 9.53 Å². The molecule has 0 N–H and O–H groups in total. The van der Waals surface area contributed by atoms with E-state index in [1.165, 1.54) is 12.7 Å². The number of hydrogen-bond donors (Lipinski definition) is 0. The topological polar surface area (TPSA) is 39.2 Å². The maximum absolute atomic E-state index is 11.1. The minimum atomic E-state index is -0.155. The van der Waals surface area contributed by atoms with Crippen LogP contribution in [0, 0.1) is 0 Å². The number of carbonyl (C=O) groups excluding carboxylic acids is 1. The quantitative estimate of drug-likeness (QED) is 0.754. The molecule has 0 aliphatic carbocycles. The molecule has 0 saturated heterocycles. The van der Waals surface area contributed by atoms with E-state index in [2.05, 4.69) is 31.9 Å². The molecule has 0 bridgehead atoms. The lowest BCUT2D eigenvalue weighted by Gasteiger charge is -2.08. The summed E-state index contributed by atoms with van der Waals surface area (Å²) < 4.78 is 4.66. The van der Waals surface area contributed by atoms with Gasteiger partial charge in [-0.3, -0.25) is 4.79 Å². The van der Waals surface area contributed by atoms with Gasteiger partial charge < -0.3 is 4.74 Å². The molecule has 19 heavy (non-hydrogen) atoms. The van der Waals surface area contributed by atoms with Gasteiger partial charge >= 0.3 is 5.97 Å². The van der Waals surface area contributed by atoms with Crippen molar-refractivity contribution in [2.45, 2.75) is 24.3 Å². The molecule has 0 saturated carbocycles. The first-order valence-electron chi connectivity index (χ1n) is 5.84. The van der Waals surface area contributed by atoms with Crippen LogP contribution in [0.15, 0.2) is 22.2 Å². The molecule has 3 nitrogen and oxygen atoms in total. The van der Waals surface area contributed by atoms with Crippen molar-refractivity contribution in [3.63, 3.8) is 0 Å². The number of carbonyl (C=O) groups is 1. The Morgan fingerprint density at radius 1 is 1.53 bits per heavy atom. The van der Waals surface area contributed by atoms with Crippen molar-refractivity contribution >= 4 is 40.4 Å². The fourth-order valence-corrected chi connectivity index (χ4v) is 3.99. The third-order valence-corrected chi connectivity index (χ3v) is 5.34. The SMILES string of the molecule is COC(=O)CC(C)SCc1csc(-c2ccsc2)n1. The minimum Gasteiger partial charge on any atom is -0.469 e. The van der Waals surface area contributed by atoms with Crippen LogP contribution in [0.1, 0.15) is 19.0 Å². The standard InChI is InChI=1S/C13H15NO2S3/c1-9(5-12(15)16-2)18-7-11-8-19-13(14-11)10-3-4-17-6-10/h3-4,6,8-9H,5,7H2,1-2H3. The van der Waals surface area contributed by atoms with Crippen LogP contribution in [-0.2, 0) is 15.3 Å².